The largest absolute Gasteiger partial charge is 0.390 e. The van der Waals surface area contributed by atoms with Crippen LogP contribution in [0, 0.1) is 12.3 Å². The molecule has 124 valence electrons. The van der Waals surface area contributed by atoms with Crippen LogP contribution in [0.25, 0.3) is 0 Å². The second-order valence-corrected chi connectivity index (χ2v) is 6.45. The quantitative estimate of drug-likeness (QED) is 0.803. The average molecular weight is 314 g/mol. The summed E-state index contributed by atoms with van der Waals surface area (Å²) in [5.41, 5.74) is 2.79. The zero-order valence-corrected chi connectivity index (χ0v) is 13.7. The summed E-state index contributed by atoms with van der Waals surface area (Å²) in [4.78, 5) is 4.53. The summed E-state index contributed by atoms with van der Waals surface area (Å²) in [6, 6.07) is 8.93. The van der Waals surface area contributed by atoms with Gasteiger partial charge in [-0.3, -0.25) is 9.80 Å². The highest BCUT2D eigenvalue weighted by molar-refractivity contribution is 5.34. The molecule has 1 aromatic carbocycles. The molecular formula is C19H26N2O2. The van der Waals surface area contributed by atoms with Gasteiger partial charge in [0.05, 0.1) is 25.9 Å². The van der Waals surface area contributed by atoms with Gasteiger partial charge in [0.15, 0.2) is 0 Å². The molecule has 0 spiro atoms. The fraction of sp³-hybridized carbons (Fsp3) is 0.579. The average Bonchev–Trinajstić information content (AvgIpc) is 2.99. The Kier molecular flexibility index (Phi) is 5.69. The number of ether oxygens (including phenoxy) is 1. The lowest BCUT2D eigenvalue weighted by molar-refractivity contribution is 0.00439. The van der Waals surface area contributed by atoms with Crippen molar-refractivity contribution < 1.29 is 9.84 Å². The summed E-state index contributed by atoms with van der Waals surface area (Å²) in [7, 11) is 0. The molecule has 0 aromatic heterocycles. The molecule has 0 saturated carbocycles. The van der Waals surface area contributed by atoms with Crippen molar-refractivity contribution >= 4 is 0 Å². The van der Waals surface area contributed by atoms with E-state index in [0.29, 0.717) is 25.7 Å². The summed E-state index contributed by atoms with van der Waals surface area (Å²) in [5.74, 6) is 2.77. The fourth-order valence-corrected chi connectivity index (χ4v) is 3.74. The Morgan fingerprint density at radius 2 is 2.13 bits per heavy atom. The smallest absolute Gasteiger partial charge is 0.0794 e. The molecule has 4 heteroatoms. The zero-order valence-electron chi connectivity index (χ0n) is 13.7. The lowest BCUT2D eigenvalue weighted by atomic mass is 10.1. The van der Waals surface area contributed by atoms with Gasteiger partial charge in [0.2, 0.25) is 0 Å². The van der Waals surface area contributed by atoms with Gasteiger partial charge in [0.25, 0.3) is 0 Å². The summed E-state index contributed by atoms with van der Waals surface area (Å²) < 4.78 is 5.36. The molecule has 23 heavy (non-hydrogen) atoms. The van der Waals surface area contributed by atoms with Gasteiger partial charge in [-0.05, 0) is 24.0 Å². The molecule has 1 N–H and O–H groups in total. The van der Waals surface area contributed by atoms with E-state index >= 15 is 0 Å². The number of aryl methyl sites for hydroxylation is 1. The SMILES string of the molecule is C#CCN(CC(O)CN1CCOCC1)C1CCc2ccccc21. The van der Waals surface area contributed by atoms with Crippen molar-refractivity contribution in [1.29, 1.82) is 0 Å². The molecule has 1 aliphatic heterocycles. The maximum absolute atomic E-state index is 10.5. The van der Waals surface area contributed by atoms with Crippen LogP contribution in [0.3, 0.4) is 0 Å². The van der Waals surface area contributed by atoms with E-state index in [1.807, 2.05) is 0 Å². The Labute approximate surface area is 139 Å². The number of aliphatic hydroxyl groups is 1. The number of β-amino-alcohol motifs (C(OH)–C–C–N with tert-alkyl or cyclic N) is 1. The van der Waals surface area contributed by atoms with E-state index in [2.05, 4.69) is 40.0 Å². The first-order valence-corrected chi connectivity index (χ1v) is 8.51. The van der Waals surface area contributed by atoms with Crippen molar-refractivity contribution in [3.8, 4) is 12.3 Å². The molecule has 0 amide bonds. The molecule has 0 radical (unpaired) electrons. The van der Waals surface area contributed by atoms with Crippen LogP contribution in [0.4, 0.5) is 0 Å². The highest BCUT2D eigenvalue weighted by atomic mass is 16.5. The van der Waals surface area contributed by atoms with Crippen molar-refractivity contribution in [3.63, 3.8) is 0 Å². The van der Waals surface area contributed by atoms with Crippen LogP contribution in [0.2, 0.25) is 0 Å². The Bertz CT molecular complexity index is 549. The van der Waals surface area contributed by atoms with Crippen LogP contribution in [0.15, 0.2) is 24.3 Å². The minimum atomic E-state index is -0.380. The van der Waals surface area contributed by atoms with Crippen molar-refractivity contribution in [2.45, 2.75) is 25.0 Å². The highest BCUT2D eigenvalue weighted by Crippen LogP contribution is 2.35. The number of hydrogen-bond acceptors (Lipinski definition) is 4. The summed E-state index contributed by atoms with van der Waals surface area (Å²) >= 11 is 0. The lowest BCUT2D eigenvalue weighted by Gasteiger charge is -2.33. The molecule has 2 aliphatic rings. The number of hydrogen-bond donors (Lipinski definition) is 1. The van der Waals surface area contributed by atoms with E-state index in [1.165, 1.54) is 11.1 Å². The van der Waals surface area contributed by atoms with Crippen LogP contribution in [-0.2, 0) is 11.2 Å². The fourth-order valence-electron chi connectivity index (χ4n) is 3.74. The number of nitrogens with zero attached hydrogens (tertiary/aromatic N) is 2. The number of aliphatic hydroxyl groups excluding tert-OH is 1. The van der Waals surface area contributed by atoms with E-state index in [-0.39, 0.29) is 6.10 Å². The van der Waals surface area contributed by atoms with Gasteiger partial charge in [-0.1, -0.05) is 30.2 Å². The Morgan fingerprint density at radius 1 is 1.35 bits per heavy atom. The predicted molar refractivity (Wildman–Crippen MR) is 91.2 cm³/mol. The summed E-state index contributed by atoms with van der Waals surface area (Å²) in [5, 5.41) is 10.5. The topological polar surface area (TPSA) is 35.9 Å². The second kappa shape index (κ2) is 7.94. The van der Waals surface area contributed by atoms with Gasteiger partial charge in [0, 0.05) is 32.2 Å². The molecule has 0 bridgehead atoms. The predicted octanol–water partition coefficient (Wildman–Crippen LogP) is 1.30. The third-order valence-electron chi connectivity index (χ3n) is 4.85. The van der Waals surface area contributed by atoms with Crippen molar-refractivity contribution in [2.24, 2.45) is 0 Å². The summed E-state index contributed by atoms with van der Waals surface area (Å²) in [6.45, 7) is 5.23. The second-order valence-electron chi connectivity index (χ2n) is 6.45. The van der Waals surface area contributed by atoms with E-state index < -0.39 is 0 Å². The van der Waals surface area contributed by atoms with Crippen LogP contribution in [0.1, 0.15) is 23.6 Å². The van der Waals surface area contributed by atoms with Gasteiger partial charge in [-0.2, -0.15) is 0 Å². The van der Waals surface area contributed by atoms with Gasteiger partial charge in [-0.25, -0.2) is 0 Å². The number of fused-ring (bicyclic) bond motifs is 1. The first-order valence-electron chi connectivity index (χ1n) is 8.51. The molecule has 1 heterocycles. The van der Waals surface area contributed by atoms with Gasteiger partial charge in [-0.15, -0.1) is 6.42 Å². The third kappa shape index (κ3) is 4.13. The first-order chi connectivity index (χ1) is 11.3. The Balaban J connectivity index is 1.62. The minimum absolute atomic E-state index is 0.335. The van der Waals surface area contributed by atoms with E-state index in [4.69, 9.17) is 11.2 Å². The van der Waals surface area contributed by atoms with Crippen LogP contribution >= 0.6 is 0 Å². The number of terminal acetylenes is 1. The monoisotopic (exact) mass is 314 g/mol. The Morgan fingerprint density at radius 3 is 2.91 bits per heavy atom. The molecule has 2 unspecified atom stereocenters. The summed E-state index contributed by atoms with van der Waals surface area (Å²) in [6.07, 6.45) is 7.38. The normalized spacial score (nSPS) is 22.7. The van der Waals surface area contributed by atoms with Crippen LogP contribution in [-0.4, -0.2) is 66.9 Å². The highest BCUT2D eigenvalue weighted by Gasteiger charge is 2.29. The van der Waals surface area contributed by atoms with E-state index in [0.717, 1.165) is 39.1 Å². The standard InChI is InChI=1S/C19H26N2O2/c1-2-9-21(15-17(22)14-20-10-12-23-13-11-20)19-8-7-16-5-3-4-6-18(16)19/h1,3-6,17,19,22H,7-15H2. The number of morpholine rings is 1. The maximum Gasteiger partial charge on any atom is 0.0794 e. The van der Waals surface area contributed by atoms with Gasteiger partial charge >= 0.3 is 0 Å². The van der Waals surface area contributed by atoms with E-state index in [1.54, 1.807) is 0 Å². The van der Waals surface area contributed by atoms with Crippen molar-refractivity contribution in [1.82, 2.24) is 9.80 Å². The molecule has 1 aliphatic carbocycles. The minimum Gasteiger partial charge on any atom is -0.390 e. The van der Waals surface area contributed by atoms with Crippen LogP contribution in [0.5, 0.6) is 0 Å². The van der Waals surface area contributed by atoms with Crippen molar-refractivity contribution in [2.75, 3.05) is 45.9 Å². The van der Waals surface area contributed by atoms with Gasteiger partial charge in [0.1, 0.15) is 0 Å². The zero-order chi connectivity index (χ0) is 16.1. The molecule has 2 atom stereocenters. The number of rotatable bonds is 6. The molecular weight excluding hydrogens is 288 g/mol. The third-order valence-corrected chi connectivity index (χ3v) is 4.85. The molecule has 1 fully saturated rings. The lowest BCUT2D eigenvalue weighted by Crippen LogP contribution is -2.45. The Hall–Kier alpha value is -1.38. The first kappa shape index (κ1) is 16.5. The molecule has 1 aromatic rings. The molecule has 1 saturated heterocycles. The van der Waals surface area contributed by atoms with Crippen molar-refractivity contribution in [3.05, 3.63) is 35.4 Å². The molecule has 4 nitrogen and oxygen atoms in total. The number of benzene rings is 1. The molecule has 3 rings (SSSR count). The van der Waals surface area contributed by atoms with Gasteiger partial charge < -0.3 is 9.84 Å². The van der Waals surface area contributed by atoms with Crippen LogP contribution < -0.4 is 0 Å². The van der Waals surface area contributed by atoms with E-state index in [9.17, 15) is 5.11 Å². The maximum atomic E-state index is 10.5.